The fourth-order valence-electron chi connectivity index (χ4n) is 4.51. The molecule has 2 aliphatic rings. The molecule has 0 aliphatic heterocycles. The van der Waals surface area contributed by atoms with E-state index in [4.69, 9.17) is 10.5 Å². The van der Waals surface area contributed by atoms with Gasteiger partial charge < -0.3 is 20.9 Å². The summed E-state index contributed by atoms with van der Waals surface area (Å²) in [7, 11) is 0. The Balaban J connectivity index is 1.58. The van der Waals surface area contributed by atoms with Gasteiger partial charge in [0, 0.05) is 19.2 Å². The normalized spacial score (nSPS) is 29.5. The van der Waals surface area contributed by atoms with Crippen LogP contribution in [-0.2, 0) is 11.2 Å². The number of alkyl halides is 2. The summed E-state index contributed by atoms with van der Waals surface area (Å²) in [6.45, 7) is 2.36. The first-order chi connectivity index (χ1) is 14.6. The van der Waals surface area contributed by atoms with Crippen molar-refractivity contribution < 1.29 is 23.4 Å². The van der Waals surface area contributed by atoms with Crippen LogP contribution in [0.4, 0.5) is 14.7 Å². The summed E-state index contributed by atoms with van der Waals surface area (Å²) in [5.41, 5.74) is 6.45. The molecule has 3 atom stereocenters. The summed E-state index contributed by atoms with van der Waals surface area (Å²) in [5.74, 6) is -2.40. The third-order valence-electron chi connectivity index (χ3n) is 6.46. The second-order valence-corrected chi connectivity index (χ2v) is 9.35. The second kappa shape index (κ2) is 10.2. The number of hydrogen-bond donors (Lipinski definition) is 3. The number of primary amides is 1. The van der Waals surface area contributed by atoms with E-state index in [9.17, 15) is 18.7 Å². The van der Waals surface area contributed by atoms with Crippen LogP contribution in [0.15, 0.2) is 6.20 Å². The molecule has 3 rings (SSSR count). The van der Waals surface area contributed by atoms with Crippen LogP contribution in [-0.4, -0.2) is 51.8 Å². The molecule has 1 heterocycles. The van der Waals surface area contributed by atoms with Gasteiger partial charge in [-0.3, -0.25) is 4.79 Å². The lowest BCUT2D eigenvalue weighted by molar-refractivity contribution is -0.0943. The van der Waals surface area contributed by atoms with Crippen LogP contribution >= 0.6 is 0 Å². The number of aliphatic hydroxyl groups is 1. The molecule has 0 aromatic carbocycles. The number of anilines is 1. The summed E-state index contributed by atoms with van der Waals surface area (Å²) in [5, 5.41) is 13.5. The molecule has 1 aromatic heterocycles. The number of ether oxygens (including phenoxy) is 1. The van der Waals surface area contributed by atoms with E-state index in [0.29, 0.717) is 42.9 Å². The maximum absolute atomic E-state index is 13.0. The minimum Gasteiger partial charge on any atom is -0.393 e. The topological polar surface area (TPSA) is 110 Å². The predicted molar refractivity (Wildman–Crippen MR) is 113 cm³/mol. The Morgan fingerprint density at radius 1 is 1.29 bits per heavy atom. The minimum atomic E-state index is -2.81. The van der Waals surface area contributed by atoms with Gasteiger partial charge in [-0.05, 0) is 63.2 Å². The van der Waals surface area contributed by atoms with Gasteiger partial charge in [0.2, 0.25) is 5.95 Å². The van der Waals surface area contributed by atoms with Crippen molar-refractivity contribution in [3.05, 3.63) is 17.5 Å². The number of aromatic nitrogens is 2. The molecule has 2 aliphatic carbocycles. The average Bonchev–Trinajstić information content (AvgIpc) is 2.70. The van der Waals surface area contributed by atoms with Crippen molar-refractivity contribution in [2.24, 2.45) is 17.6 Å². The average molecular weight is 441 g/mol. The van der Waals surface area contributed by atoms with Gasteiger partial charge in [-0.1, -0.05) is 6.92 Å². The van der Waals surface area contributed by atoms with E-state index in [2.05, 4.69) is 22.2 Å². The number of carbonyl (C=O) groups excluding carboxylic acids is 1. The van der Waals surface area contributed by atoms with Gasteiger partial charge >= 0.3 is 0 Å². The summed E-state index contributed by atoms with van der Waals surface area (Å²) >= 11 is 0. The highest BCUT2D eigenvalue weighted by molar-refractivity contribution is 5.93. The third kappa shape index (κ3) is 7.07. The van der Waals surface area contributed by atoms with E-state index < -0.39 is 18.4 Å². The Hall–Kier alpha value is -1.87. The van der Waals surface area contributed by atoms with Crippen LogP contribution in [0.1, 0.15) is 74.8 Å². The maximum atomic E-state index is 13.0. The standard InChI is InChI=1S/C22H34F2N4O3/c1-13-3-4-14(10-19(13)29)9-18-17(20(25)30)11-26-21(28-18)27-15-5-7-16(8-6-15)31-12-22(2,23)24/h11,13-16,19,29H,3-10,12H2,1-2H3,(H2,25,30)(H,26,27,28)/t13-,14+,15?,16?,19-/m1/s1. The number of nitrogens with zero attached hydrogens (tertiary/aromatic N) is 2. The molecule has 0 radical (unpaired) electrons. The van der Waals surface area contributed by atoms with E-state index in [0.717, 1.165) is 32.6 Å². The SMILES string of the molecule is C[C@@H]1CC[C@@H](Cc2nc(NC3CCC(OCC(C)(F)F)CC3)ncc2C(N)=O)C[C@H]1O. The van der Waals surface area contributed by atoms with Crippen molar-refractivity contribution >= 4 is 11.9 Å². The predicted octanol–water partition coefficient (Wildman–Crippen LogP) is 3.31. The summed E-state index contributed by atoms with van der Waals surface area (Å²) in [6, 6.07) is 0.117. The smallest absolute Gasteiger partial charge is 0.268 e. The number of aliphatic hydroxyl groups excluding tert-OH is 1. The Kier molecular flexibility index (Phi) is 7.80. The Bertz CT molecular complexity index is 751. The van der Waals surface area contributed by atoms with Gasteiger partial charge in [-0.15, -0.1) is 0 Å². The third-order valence-corrected chi connectivity index (χ3v) is 6.46. The van der Waals surface area contributed by atoms with Gasteiger partial charge in [0.1, 0.15) is 6.61 Å². The molecular weight excluding hydrogens is 406 g/mol. The van der Waals surface area contributed by atoms with E-state index in [1.165, 1.54) is 6.20 Å². The molecule has 1 amide bonds. The number of nitrogens with two attached hydrogens (primary N) is 1. The molecule has 2 fully saturated rings. The highest BCUT2D eigenvalue weighted by Gasteiger charge is 2.29. The fraction of sp³-hybridized carbons (Fsp3) is 0.773. The lowest BCUT2D eigenvalue weighted by Gasteiger charge is -2.31. The molecule has 174 valence electrons. The zero-order chi connectivity index (χ0) is 22.6. The van der Waals surface area contributed by atoms with Crippen molar-refractivity contribution in [1.82, 2.24) is 9.97 Å². The summed E-state index contributed by atoms with van der Waals surface area (Å²) in [4.78, 5) is 20.7. The van der Waals surface area contributed by atoms with Gasteiger partial charge in [0.05, 0.1) is 23.5 Å². The minimum absolute atomic E-state index is 0.117. The van der Waals surface area contributed by atoms with E-state index in [1.54, 1.807) is 0 Å². The maximum Gasteiger partial charge on any atom is 0.268 e. The molecular formula is C22H34F2N4O3. The zero-order valence-corrected chi connectivity index (χ0v) is 18.3. The molecule has 2 saturated carbocycles. The van der Waals surface area contributed by atoms with Crippen LogP contribution in [0.3, 0.4) is 0 Å². The molecule has 0 spiro atoms. The molecule has 7 nitrogen and oxygen atoms in total. The van der Waals surface area contributed by atoms with Gasteiger partial charge in [0.15, 0.2) is 0 Å². The van der Waals surface area contributed by atoms with Crippen LogP contribution in [0, 0.1) is 11.8 Å². The molecule has 0 unspecified atom stereocenters. The Labute approximate surface area is 182 Å². The number of amides is 1. The van der Waals surface area contributed by atoms with Crippen LogP contribution in [0.2, 0.25) is 0 Å². The first-order valence-electron chi connectivity index (χ1n) is 11.2. The number of carbonyl (C=O) groups is 1. The fourth-order valence-corrected chi connectivity index (χ4v) is 4.51. The number of nitrogens with one attached hydrogen (secondary N) is 1. The van der Waals surface area contributed by atoms with Gasteiger partial charge in [-0.2, -0.15) is 0 Å². The van der Waals surface area contributed by atoms with Crippen LogP contribution in [0.5, 0.6) is 0 Å². The first-order valence-corrected chi connectivity index (χ1v) is 11.2. The van der Waals surface area contributed by atoms with E-state index in [1.807, 2.05) is 0 Å². The lowest BCUT2D eigenvalue weighted by atomic mass is 9.78. The van der Waals surface area contributed by atoms with Crippen LogP contribution in [0.25, 0.3) is 0 Å². The molecule has 4 N–H and O–H groups in total. The first kappa shape index (κ1) is 23.8. The molecule has 0 saturated heterocycles. The summed E-state index contributed by atoms with van der Waals surface area (Å²) in [6.07, 6.45) is 7.08. The second-order valence-electron chi connectivity index (χ2n) is 9.35. The Morgan fingerprint density at radius 2 is 2.00 bits per heavy atom. The van der Waals surface area contributed by atoms with E-state index in [-0.39, 0.29) is 30.1 Å². The number of rotatable bonds is 8. The van der Waals surface area contributed by atoms with Crippen molar-refractivity contribution in [3.63, 3.8) is 0 Å². The zero-order valence-electron chi connectivity index (χ0n) is 18.3. The largest absolute Gasteiger partial charge is 0.393 e. The molecule has 1 aromatic rings. The monoisotopic (exact) mass is 440 g/mol. The highest BCUT2D eigenvalue weighted by atomic mass is 19.3. The van der Waals surface area contributed by atoms with Crippen molar-refractivity contribution in [3.8, 4) is 0 Å². The molecule has 0 bridgehead atoms. The Morgan fingerprint density at radius 3 is 2.61 bits per heavy atom. The number of halogens is 2. The van der Waals surface area contributed by atoms with Gasteiger partial charge in [0.25, 0.3) is 11.8 Å². The van der Waals surface area contributed by atoms with Gasteiger partial charge in [-0.25, -0.2) is 18.7 Å². The quantitative estimate of drug-likeness (QED) is 0.572. The summed E-state index contributed by atoms with van der Waals surface area (Å²) < 4.78 is 31.3. The van der Waals surface area contributed by atoms with Crippen molar-refractivity contribution in [1.29, 1.82) is 0 Å². The van der Waals surface area contributed by atoms with Crippen molar-refractivity contribution in [2.45, 2.75) is 89.4 Å². The lowest BCUT2D eigenvalue weighted by Crippen LogP contribution is -2.33. The van der Waals surface area contributed by atoms with E-state index >= 15 is 0 Å². The van der Waals surface area contributed by atoms with Crippen LogP contribution < -0.4 is 11.1 Å². The molecule has 31 heavy (non-hydrogen) atoms. The molecule has 9 heteroatoms. The number of hydrogen-bond acceptors (Lipinski definition) is 6. The highest BCUT2D eigenvalue weighted by Crippen LogP contribution is 2.32. The van der Waals surface area contributed by atoms with Crippen molar-refractivity contribution in [2.75, 3.05) is 11.9 Å².